The third-order valence-electron chi connectivity index (χ3n) is 6.59. The largest absolute Gasteiger partial charge is 0.452 e. The molecular formula is C29H23F3N2O3. The molecule has 3 aromatic carbocycles. The van der Waals surface area contributed by atoms with E-state index in [2.05, 4.69) is 5.10 Å². The smallest absolute Gasteiger partial charge is 0.338 e. The van der Waals surface area contributed by atoms with Gasteiger partial charge in [0.15, 0.2) is 6.61 Å². The molecule has 1 amide bonds. The normalized spacial score (nSPS) is 19.9. The highest BCUT2D eigenvalue weighted by atomic mass is 19.1. The number of halogens is 3. The fraction of sp³-hybridized carbons (Fsp3) is 0.207. The number of amides is 1. The summed E-state index contributed by atoms with van der Waals surface area (Å²) >= 11 is 0. The highest BCUT2D eigenvalue weighted by Crippen LogP contribution is 2.44. The predicted octanol–water partition coefficient (Wildman–Crippen LogP) is 6.08. The fourth-order valence-electron chi connectivity index (χ4n) is 4.82. The zero-order valence-corrected chi connectivity index (χ0v) is 19.7. The molecule has 2 aliphatic rings. The third-order valence-corrected chi connectivity index (χ3v) is 6.59. The number of ether oxygens (including phenoxy) is 1. The van der Waals surface area contributed by atoms with Crippen molar-refractivity contribution in [3.8, 4) is 0 Å². The van der Waals surface area contributed by atoms with Gasteiger partial charge in [0.25, 0.3) is 5.91 Å². The van der Waals surface area contributed by atoms with Gasteiger partial charge in [0.1, 0.15) is 17.5 Å². The average Bonchev–Trinajstić information content (AvgIpc) is 3.30. The minimum atomic E-state index is -0.757. The van der Waals surface area contributed by atoms with E-state index in [9.17, 15) is 22.8 Å². The number of esters is 1. The van der Waals surface area contributed by atoms with Crippen molar-refractivity contribution in [3.63, 3.8) is 0 Å². The van der Waals surface area contributed by atoms with Crippen LogP contribution in [-0.2, 0) is 9.53 Å². The zero-order valence-electron chi connectivity index (χ0n) is 19.7. The predicted molar refractivity (Wildman–Crippen MR) is 132 cm³/mol. The Hall–Kier alpha value is -4.20. The van der Waals surface area contributed by atoms with Gasteiger partial charge < -0.3 is 4.74 Å². The summed E-state index contributed by atoms with van der Waals surface area (Å²) in [5.41, 5.74) is 3.33. The number of carbonyl (C=O) groups is 2. The van der Waals surface area contributed by atoms with E-state index in [4.69, 9.17) is 4.74 Å². The molecule has 1 fully saturated rings. The van der Waals surface area contributed by atoms with E-state index in [1.165, 1.54) is 41.4 Å². The van der Waals surface area contributed by atoms with Crippen LogP contribution in [0.4, 0.5) is 13.2 Å². The van der Waals surface area contributed by atoms with Crippen molar-refractivity contribution in [2.45, 2.75) is 25.3 Å². The first-order valence-electron chi connectivity index (χ1n) is 11.9. The molecule has 8 heteroatoms. The van der Waals surface area contributed by atoms with Crippen LogP contribution in [0, 0.1) is 23.4 Å². The Balaban J connectivity index is 1.43. The van der Waals surface area contributed by atoms with Crippen LogP contribution in [-0.4, -0.2) is 29.2 Å². The van der Waals surface area contributed by atoms with E-state index in [1.807, 2.05) is 6.08 Å². The molecule has 1 heterocycles. The summed E-state index contributed by atoms with van der Waals surface area (Å²) < 4.78 is 45.4. The van der Waals surface area contributed by atoms with E-state index >= 15 is 0 Å². The summed E-state index contributed by atoms with van der Waals surface area (Å²) in [7, 11) is 0. The van der Waals surface area contributed by atoms with Gasteiger partial charge in [-0.15, -0.1) is 0 Å². The van der Waals surface area contributed by atoms with Crippen LogP contribution in [0.25, 0.3) is 6.08 Å². The van der Waals surface area contributed by atoms with Crippen LogP contribution in [0.1, 0.15) is 46.8 Å². The first-order chi connectivity index (χ1) is 17.9. The second kappa shape index (κ2) is 10.4. The van der Waals surface area contributed by atoms with Crippen LogP contribution >= 0.6 is 0 Å². The molecule has 5 nitrogen and oxygen atoms in total. The maximum atomic E-state index is 13.7. The topological polar surface area (TPSA) is 59.0 Å². The molecule has 188 valence electrons. The van der Waals surface area contributed by atoms with E-state index in [0.717, 1.165) is 48.2 Å². The highest BCUT2D eigenvalue weighted by molar-refractivity contribution is 6.08. The number of fused-ring (bicyclic) bond motifs is 1. The molecule has 3 aromatic rings. The van der Waals surface area contributed by atoms with E-state index in [-0.39, 0.29) is 17.3 Å². The summed E-state index contributed by atoms with van der Waals surface area (Å²) in [5.74, 6) is -2.64. The van der Waals surface area contributed by atoms with Gasteiger partial charge in [-0.3, -0.25) is 4.79 Å². The molecule has 1 aliphatic heterocycles. The van der Waals surface area contributed by atoms with Crippen LogP contribution in [0.5, 0.6) is 0 Å². The number of hydrazone groups is 1. The zero-order chi connectivity index (χ0) is 25.9. The molecule has 1 saturated carbocycles. The van der Waals surface area contributed by atoms with Gasteiger partial charge in [0.2, 0.25) is 0 Å². The molecule has 0 spiro atoms. The van der Waals surface area contributed by atoms with Crippen molar-refractivity contribution in [1.82, 2.24) is 5.01 Å². The summed E-state index contributed by atoms with van der Waals surface area (Å²) in [6.45, 7) is -0.561. The quantitative estimate of drug-likeness (QED) is 0.396. The van der Waals surface area contributed by atoms with Crippen molar-refractivity contribution >= 4 is 23.7 Å². The van der Waals surface area contributed by atoms with Gasteiger partial charge in [0.05, 0.1) is 17.3 Å². The van der Waals surface area contributed by atoms with E-state index < -0.39 is 36.2 Å². The SMILES string of the molecule is O=C(OCC(=O)N1N=C2C(=Cc3ccc(F)cc3)CCCC2C1c1ccc(F)cc1)c1ccc(F)cc1. The number of allylic oxidation sites excluding steroid dienone is 1. The lowest BCUT2D eigenvalue weighted by Crippen LogP contribution is -2.34. The molecule has 5 rings (SSSR count). The third kappa shape index (κ3) is 5.33. The number of benzene rings is 3. The first kappa shape index (κ1) is 24.5. The monoisotopic (exact) mass is 504 g/mol. The number of nitrogens with zero attached hydrogens (tertiary/aromatic N) is 2. The van der Waals surface area contributed by atoms with E-state index in [1.54, 1.807) is 24.3 Å². The minimum Gasteiger partial charge on any atom is -0.452 e. The van der Waals surface area contributed by atoms with Crippen molar-refractivity contribution < 1.29 is 27.5 Å². The molecule has 2 unspecified atom stereocenters. The maximum Gasteiger partial charge on any atom is 0.338 e. The molecule has 1 aliphatic carbocycles. The summed E-state index contributed by atoms with van der Waals surface area (Å²) in [6.07, 6.45) is 4.30. The Morgan fingerprint density at radius 3 is 2.14 bits per heavy atom. The van der Waals surface area contributed by atoms with Crippen LogP contribution in [0.3, 0.4) is 0 Å². The lowest BCUT2D eigenvalue weighted by molar-refractivity contribution is -0.137. The van der Waals surface area contributed by atoms with Crippen molar-refractivity contribution in [2.24, 2.45) is 11.0 Å². The second-order valence-electron chi connectivity index (χ2n) is 9.02. The summed E-state index contributed by atoms with van der Waals surface area (Å²) in [4.78, 5) is 25.6. The molecule has 0 N–H and O–H groups in total. The molecule has 2 atom stereocenters. The number of carbonyl (C=O) groups excluding carboxylic acids is 2. The van der Waals surface area contributed by atoms with Gasteiger partial charge in [-0.1, -0.05) is 24.3 Å². The first-order valence-corrected chi connectivity index (χ1v) is 11.9. The summed E-state index contributed by atoms with van der Waals surface area (Å²) in [6, 6.07) is 16.4. The van der Waals surface area contributed by atoms with Gasteiger partial charge >= 0.3 is 5.97 Å². The van der Waals surface area contributed by atoms with Gasteiger partial charge in [-0.2, -0.15) is 5.10 Å². The fourth-order valence-corrected chi connectivity index (χ4v) is 4.82. The second-order valence-corrected chi connectivity index (χ2v) is 9.02. The molecule has 0 bridgehead atoms. The standard InChI is InChI=1S/C29H23F3N2O3/c30-22-10-4-18(5-11-22)16-21-2-1-3-25-27(21)33-34(28(25)19-6-12-23(31)13-7-19)26(35)17-37-29(36)20-8-14-24(32)15-9-20/h4-16,25,28H,1-3,17H2. The number of hydrogen-bond donors (Lipinski definition) is 0. The van der Waals surface area contributed by atoms with Crippen LogP contribution < -0.4 is 0 Å². The summed E-state index contributed by atoms with van der Waals surface area (Å²) in [5, 5.41) is 5.99. The lowest BCUT2D eigenvalue weighted by Gasteiger charge is -2.29. The number of hydrogen-bond acceptors (Lipinski definition) is 4. The number of rotatable bonds is 5. The van der Waals surface area contributed by atoms with Gasteiger partial charge in [-0.25, -0.2) is 23.0 Å². The Labute approximate surface area is 211 Å². The minimum absolute atomic E-state index is 0.121. The van der Waals surface area contributed by atoms with E-state index in [0.29, 0.717) is 5.56 Å². The molecule has 37 heavy (non-hydrogen) atoms. The van der Waals surface area contributed by atoms with Crippen molar-refractivity contribution in [1.29, 1.82) is 0 Å². The van der Waals surface area contributed by atoms with Crippen LogP contribution in [0.2, 0.25) is 0 Å². The molecule has 0 saturated heterocycles. The van der Waals surface area contributed by atoms with Crippen LogP contribution in [0.15, 0.2) is 83.5 Å². The van der Waals surface area contributed by atoms with Crippen molar-refractivity contribution in [2.75, 3.05) is 6.61 Å². The molecule has 0 radical (unpaired) electrons. The van der Waals surface area contributed by atoms with Gasteiger partial charge in [0, 0.05) is 5.92 Å². The Bertz CT molecular complexity index is 1370. The maximum absolute atomic E-state index is 13.7. The Morgan fingerprint density at radius 1 is 0.892 bits per heavy atom. The lowest BCUT2D eigenvalue weighted by atomic mass is 9.77. The Kier molecular flexibility index (Phi) is 6.90. The average molecular weight is 505 g/mol. The van der Waals surface area contributed by atoms with Gasteiger partial charge in [-0.05, 0) is 90.6 Å². The highest BCUT2D eigenvalue weighted by Gasteiger charge is 2.43. The molecular weight excluding hydrogens is 481 g/mol. The van der Waals surface area contributed by atoms with Crippen molar-refractivity contribution in [3.05, 3.63) is 113 Å². The Morgan fingerprint density at radius 2 is 1.49 bits per heavy atom. The molecule has 0 aromatic heterocycles.